The molecule has 1 rings (SSSR count). The smallest absolute Gasteiger partial charge is 0.119 e. The number of unbranched alkanes of at least 4 members (excludes halogenated alkanes) is 6. The van der Waals surface area contributed by atoms with Crippen LogP contribution in [0.3, 0.4) is 0 Å². The van der Waals surface area contributed by atoms with Crippen molar-refractivity contribution >= 4 is 0 Å². The summed E-state index contributed by atoms with van der Waals surface area (Å²) in [6.45, 7) is 8.42. The van der Waals surface area contributed by atoms with Crippen LogP contribution in [0.15, 0.2) is 24.3 Å². The fraction of sp³-hybridized carbons (Fsp3) is 0.684. The van der Waals surface area contributed by atoms with Gasteiger partial charge in [0, 0.05) is 6.04 Å². The van der Waals surface area contributed by atoms with Gasteiger partial charge in [-0.3, -0.25) is 0 Å². The van der Waals surface area contributed by atoms with E-state index in [1.54, 1.807) is 0 Å². The van der Waals surface area contributed by atoms with Gasteiger partial charge in [0.05, 0.1) is 6.61 Å². The van der Waals surface area contributed by atoms with E-state index >= 15 is 0 Å². The van der Waals surface area contributed by atoms with Gasteiger partial charge in [0.2, 0.25) is 0 Å². The van der Waals surface area contributed by atoms with Crippen LogP contribution in [0.2, 0.25) is 0 Å². The monoisotopic (exact) mass is 291 g/mol. The summed E-state index contributed by atoms with van der Waals surface area (Å²) in [5.74, 6) is 1.00. The zero-order chi connectivity index (χ0) is 15.3. The quantitative estimate of drug-likeness (QED) is 0.514. The predicted molar refractivity (Wildman–Crippen MR) is 92.0 cm³/mol. The van der Waals surface area contributed by atoms with Crippen molar-refractivity contribution in [2.45, 2.75) is 71.8 Å². The topological polar surface area (TPSA) is 21.3 Å². The summed E-state index contributed by atoms with van der Waals surface area (Å²) in [5.41, 5.74) is 1.30. The summed E-state index contributed by atoms with van der Waals surface area (Å²) in [6, 6.07) is 8.85. The maximum atomic E-state index is 5.87. The van der Waals surface area contributed by atoms with E-state index < -0.39 is 0 Å². The van der Waals surface area contributed by atoms with E-state index in [1.807, 2.05) is 0 Å². The molecule has 2 heteroatoms. The molecule has 0 heterocycles. The molecular weight excluding hydrogens is 258 g/mol. The van der Waals surface area contributed by atoms with Crippen LogP contribution in [0.1, 0.15) is 77.3 Å². The van der Waals surface area contributed by atoms with E-state index in [4.69, 9.17) is 4.74 Å². The Labute approximate surface area is 131 Å². The van der Waals surface area contributed by atoms with Gasteiger partial charge in [-0.2, -0.15) is 0 Å². The molecule has 0 aliphatic carbocycles. The van der Waals surface area contributed by atoms with Gasteiger partial charge in [-0.1, -0.05) is 64.5 Å². The zero-order valence-electron chi connectivity index (χ0n) is 14.2. The average Bonchev–Trinajstić information content (AvgIpc) is 2.50. The Morgan fingerprint density at radius 3 is 2.43 bits per heavy atom. The second kappa shape index (κ2) is 11.6. The summed E-state index contributed by atoms with van der Waals surface area (Å²) in [7, 11) is 0. The Bertz CT molecular complexity index is 364. The normalized spacial score (nSPS) is 12.3. The Morgan fingerprint density at radius 2 is 1.71 bits per heavy atom. The largest absolute Gasteiger partial charge is 0.494 e. The van der Waals surface area contributed by atoms with Gasteiger partial charge in [0.15, 0.2) is 0 Å². The summed E-state index contributed by atoms with van der Waals surface area (Å²) in [5, 5.41) is 3.43. The molecule has 21 heavy (non-hydrogen) atoms. The van der Waals surface area contributed by atoms with Crippen LogP contribution < -0.4 is 10.1 Å². The third-order valence-electron chi connectivity index (χ3n) is 3.89. The standard InChI is InChI=1S/C19H33NO/c1-4-6-7-8-9-10-11-15-21-19-14-12-13-18(16-19)17(3)20-5-2/h12-14,16-17,20H,4-11,15H2,1-3H3. The number of ether oxygens (including phenoxy) is 1. The third kappa shape index (κ3) is 8.11. The Balaban J connectivity index is 2.18. The van der Waals surface area contributed by atoms with Gasteiger partial charge in [0.1, 0.15) is 5.75 Å². The molecule has 0 bridgehead atoms. The maximum absolute atomic E-state index is 5.87. The minimum absolute atomic E-state index is 0.386. The zero-order valence-corrected chi connectivity index (χ0v) is 14.2. The maximum Gasteiger partial charge on any atom is 0.119 e. The molecule has 0 fully saturated rings. The molecular formula is C19H33NO. The minimum atomic E-state index is 0.386. The van der Waals surface area contributed by atoms with Crippen LogP contribution in [0.4, 0.5) is 0 Å². The summed E-state index contributed by atoms with van der Waals surface area (Å²) < 4.78 is 5.87. The number of hydrogen-bond acceptors (Lipinski definition) is 2. The van der Waals surface area contributed by atoms with Crippen LogP contribution >= 0.6 is 0 Å². The SMILES string of the molecule is CCCCCCCCCOc1cccc(C(C)NCC)c1. The van der Waals surface area contributed by atoms with Crippen LogP contribution in [0.5, 0.6) is 5.75 Å². The highest BCUT2D eigenvalue weighted by atomic mass is 16.5. The van der Waals surface area contributed by atoms with Crippen LogP contribution in [0.25, 0.3) is 0 Å². The molecule has 1 unspecified atom stereocenters. The van der Waals surface area contributed by atoms with Gasteiger partial charge in [-0.25, -0.2) is 0 Å². The van der Waals surface area contributed by atoms with Crippen molar-refractivity contribution < 1.29 is 4.74 Å². The van der Waals surface area contributed by atoms with Crippen LogP contribution in [-0.2, 0) is 0 Å². The first-order valence-corrected chi connectivity index (χ1v) is 8.74. The Kier molecular flexibility index (Phi) is 9.98. The van der Waals surface area contributed by atoms with Crippen molar-refractivity contribution in [3.05, 3.63) is 29.8 Å². The molecule has 0 radical (unpaired) electrons. The number of nitrogens with one attached hydrogen (secondary N) is 1. The highest BCUT2D eigenvalue weighted by Crippen LogP contribution is 2.19. The molecule has 1 aromatic carbocycles. The molecule has 0 amide bonds. The summed E-state index contributed by atoms with van der Waals surface area (Å²) >= 11 is 0. The molecule has 0 aliphatic heterocycles. The molecule has 0 aliphatic rings. The summed E-state index contributed by atoms with van der Waals surface area (Å²) in [6.07, 6.45) is 9.28. The van der Waals surface area contributed by atoms with Crippen LogP contribution in [0, 0.1) is 0 Å². The first kappa shape index (κ1) is 18.0. The lowest BCUT2D eigenvalue weighted by Crippen LogP contribution is -2.17. The fourth-order valence-electron chi connectivity index (χ4n) is 2.55. The van der Waals surface area contributed by atoms with E-state index in [0.29, 0.717) is 6.04 Å². The fourth-order valence-corrected chi connectivity index (χ4v) is 2.55. The van der Waals surface area contributed by atoms with E-state index in [2.05, 4.69) is 50.4 Å². The Hall–Kier alpha value is -1.02. The Morgan fingerprint density at radius 1 is 1.00 bits per heavy atom. The number of hydrogen-bond donors (Lipinski definition) is 1. The van der Waals surface area contributed by atoms with Gasteiger partial charge in [-0.15, -0.1) is 0 Å². The first-order chi connectivity index (χ1) is 10.3. The van der Waals surface area contributed by atoms with Crippen molar-refractivity contribution in [3.8, 4) is 5.75 Å². The number of benzene rings is 1. The summed E-state index contributed by atoms with van der Waals surface area (Å²) in [4.78, 5) is 0. The second-order valence-electron chi connectivity index (χ2n) is 5.82. The van der Waals surface area contributed by atoms with E-state index in [9.17, 15) is 0 Å². The number of rotatable bonds is 12. The highest BCUT2D eigenvalue weighted by Gasteiger charge is 2.04. The van der Waals surface area contributed by atoms with Gasteiger partial charge >= 0.3 is 0 Å². The van der Waals surface area contributed by atoms with Crippen LogP contribution in [-0.4, -0.2) is 13.2 Å². The first-order valence-electron chi connectivity index (χ1n) is 8.74. The van der Waals surface area contributed by atoms with Crippen molar-refractivity contribution in [1.82, 2.24) is 5.32 Å². The van der Waals surface area contributed by atoms with E-state index in [0.717, 1.165) is 18.9 Å². The molecule has 1 atom stereocenters. The second-order valence-corrected chi connectivity index (χ2v) is 5.82. The lowest BCUT2D eigenvalue weighted by atomic mass is 10.1. The van der Waals surface area contributed by atoms with Gasteiger partial charge in [0.25, 0.3) is 0 Å². The van der Waals surface area contributed by atoms with E-state index in [1.165, 1.54) is 50.5 Å². The molecule has 1 N–H and O–H groups in total. The lowest BCUT2D eigenvalue weighted by molar-refractivity contribution is 0.303. The predicted octanol–water partition coefficient (Wildman–Crippen LogP) is 5.49. The van der Waals surface area contributed by atoms with Crippen molar-refractivity contribution in [3.63, 3.8) is 0 Å². The average molecular weight is 291 g/mol. The lowest BCUT2D eigenvalue weighted by Gasteiger charge is -2.14. The molecule has 0 spiro atoms. The van der Waals surface area contributed by atoms with Crippen molar-refractivity contribution in [2.24, 2.45) is 0 Å². The van der Waals surface area contributed by atoms with Gasteiger partial charge < -0.3 is 10.1 Å². The van der Waals surface area contributed by atoms with Gasteiger partial charge in [-0.05, 0) is 37.6 Å². The molecule has 0 aromatic heterocycles. The van der Waals surface area contributed by atoms with Crippen molar-refractivity contribution in [2.75, 3.05) is 13.2 Å². The minimum Gasteiger partial charge on any atom is -0.494 e. The van der Waals surface area contributed by atoms with E-state index in [-0.39, 0.29) is 0 Å². The molecule has 0 saturated heterocycles. The molecule has 120 valence electrons. The highest BCUT2D eigenvalue weighted by molar-refractivity contribution is 5.30. The third-order valence-corrected chi connectivity index (χ3v) is 3.89. The van der Waals surface area contributed by atoms with Crippen molar-refractivity contribution in [1.29, 1.82) is 0 Å². The molecule has 1 aromatic rings. The molecule has 2 nitrogen and oxygen atoms in total. The molecule has 0 saturated carbocycles.